The number of thiophene rings is 1. The quantitative estimate of drug-likeness (QED) is 0.734. The van der Waals surface area contributed by atoms with Crippen molar-refractivity contribution in [1.29, 1.82) is 0 Å². The van der Waals surface area contributed by atoms with E-state index in [-0.39, 0.29) is 6.04 Å². The third-order valence-electron chi connectivity index (χ3n) is 3.94. The first kappa shape index (κ1) is 15.2. The highest BCUT2D eigenvalue weighted by atomic mass is 32.1. The number of rotatable bonds is 6. The van der Waals surface area contributed by atoms with E-state index in [2.05, 4.69) is 27.9 Å². The molecule has 0 saturated carbocycles. The van der Waals surface area contributed by atoms with Crippen LogP contribution in [0.5, 0.6) is 0 Å². The summed E-state index contributed by atoms with van der Waals surface area (Å²) in [6, 6.07) is 12.3. The van der Waals surface area contributed by atoms with Gasteiger partial charge in [0.25, 0.3) is 0 Å². The summed E-state index contributed by atoms with van der Waals surface area (Å²) in [6.45, 7) is 2.79. The zero-order chi connectivity index (χ0) is 15.5. The van der Waals surface area contributed by atoms with E-state index < -0.39 is 6.10 Å². The second-order valence-corrected chi connectivity index (χ2v) is 6.60. The molecule has 0 unspecified atom stereocenters. The Morgan fingerprint density at radius 3 is 2.82 bits per heavy atom. The highest BCUT2D eigenvalue weighted by Gasteiger charge is 2.14. The van der Waals surface area contributed by atoms with Crippen molar-refractivity contribution in [2.75, 3.05) is 0 Å². The van der Waals surface area contributed by atoms with Crippen molar-refractivity contribution in [3.05, 3.63) is 52.5 Å². The monoisotopic (exact) mass is 315 g/mol. The van der Waals surface area contributed by atoms with Crippen molar-refractivity contribution in [1.82, 2.24) is 14.9 Å². The Morgan fingerprint density at radius 2 is 2.09 bits per heavy atom. The van der Waals surface area contributed by atoms with Crippen molar-refractivity contribution >= 4 is 22.4 Å². The van der Waals surface area contributed by atoms with Crippen LogP contribution in [-0.2, 0) is 13.6 Å². The van der Waals surface area contributed by atoms with Gasteiger partial charge < -0.3 is 15.0 Å². The third kappa shape index (κ3) is 3.21. The lowest BCUT2D eigenvalue weighted by atomic mass is 10.1. The van der Waals surface area contributed by atoms with E-state index in [4.69, 9.17) is 0 Å². The molecule has 0 aliphatic heterocycles. The molecule has 5 heteroatoms. The van der Waals surface area contributed by atoms with E-state index >= 15 is 0 Å². The minimum Gasteiger partial charge on any atom is -0.388 e. The zero-order valence-electron chi connectivity index (χ0n) is 12.9. The standard InChI is InChI=1S/C17H21N3OS/c1-12(10-15(21)16-8-5-9-22-16)18-11-17-19-13-6-3-4-7-14(13)20(17)2/h3-9,12,15,18,21H,10-11H2,1-2H3/t12-,15+/m0/s1. The number of aliphatic hydroxyl groups excluding tert-OH is 1. The number of hydrogen-bond donors (Lipinski definition) is 2. The molecule has 0 amide bonds. The number of nitrogens with one attached hydrogen (secondary N) is 1. The summed E-state index contributed by atoms with van der Waals surface area (Å²) in [5.74, 6) is 1.01. The molecule has 2 N–H and O–H groups in total. The number of hydrogen-bond acceptors (Lipinski definition) is 4. The maximum absolute atomic E-state index is 10.2. The number of aryl methyl sites for hydroxylation is 1. The van der Waals surface area contributed by atoms with Gasteiger partial charge >= 0.3 is 0 Å². The topological polar surface area (TPSA) is 50.1 Å². The molecule has 0 spiro atoms. The van der Waals surface area contributed by atoms with Crippen molar-refractivity contribution in [2.24, 2.45) is 7.05 Å². The number of nitrogens with zero attached hydrogens (tertiary/aromatic N) is 2. The smallest absolute Gasteiger partial charge is 0.123 e. The Hall–Kier alpha value is -1.69. The number of imidazole rings is 1. The highest BCUT2D eigenvalue weighted by molar-refractivity contribution is 7.10. The summed E-state index contributed by atoms with van der Waals surface area (Å²) in [6.07, 6.45) is 0.299. The fraction of sp³-hybridized carbons (Fsp3) is 0.353. The molecule has 2 aromatic heterocycles. The van der Waals surface area contributed by atoms with Crippen LogP contribution in [0.1, 0.15) is 30.2 Å². The van der Waals surface area contributed by atoms with Gasteiger partial charge in [-0.3, -0.25) is 0 Å². The van der Waals surface area contributed by atoms with Crippen LogP contribution in [0.3, 0.4) is 0 Å². The van der Waals surface area contributed by atoms with Gasteiger partial charge in [-0.1, -0.05) is 18.2 Å². The SMILES string of the molecule is C[C@@H](C[C@@H](O)c1cccs1)NCc1nc2ccccc2n1C. The van der Waals surface area contributed by atoms with Gasteiger partial charge in [0, 0.05) is 18.0 Å². The van der Waals surface area contributed by atoms with Crippen molar-refractivity contribution in [3.63, 3.8) is 0 Å². The maximum atomic E-state index is 10.2. The molecular weight excluding hydrogens is 294 g/mol. The molecule has 2 heterocycles. The molecule has 22 heavy (non-hydrogen) atoms. The molecule has 116 valence electrons. The Morgan fingerprint density at radius 1 is 1.27 bits per heavy atom. The van der Waals surface area contributed by atoms with Gasteiger partial charge in [0.05, 0.1) is 23.7 Å². The molecule has 0 radical (unpaired) electrons. The average molecular weight is 315 g/mol. The molecule has 3 aromatic rings. The predicted octanol–water partition coefficient (Wildman–Crippen LogP) is 3.24. The Bertz CT molecular complexity index is 736. The lowest BCUT2D eigenvalue weighted by Gasteiger charge is -2.17. The van der Waals surface area contributed by atoms with Gasteiger partial charge in [0.15, 0.2) is 0 Å². The van der Waals surface area contributed by atoms with Gasteiger partial charge in [-0.2, -0.15) is 0 Å². The highest BCUT2D eigenvalue weighted by Crippen LogP contribution is 2.23. The van der Waals surface area contributed by atoms with Crippen LogP contribution in [0.2, 0.25) is 0 Å². The lowest BCUT2D eigenvalue weighted by molar-refractivity contribution is 0.157. The van der Waals surface area contributed by atoms with E-state index in [9.17, 15) is 5.11 Å². The van der Waals surface area contributed by atoms with E-state index in [0.29, 0.717) is 13.0 Å². The Balaban J connectivity index is 1.60. The zero-order valence-corrected chi connectivity index (χ0v) is 13.7. The summed E-state index contributed by atoms with van der Waals surface area (Å²) in [4.78, 5) is 5.68. The van der Waals surface area contributed by atoms with E-state index in [1.165, 1.54) is 0 Å². The summed E-state index contributed by atoms with van der Waals surface area (Å²) in [7, 11) is 2.04. The molecule has 1 aromatic carbocycles. The van der Waals surface area contributed by atoms with Crippen LogP contribution < -0.4 is 5.32 Å². The molecule has 0 aliphatic rings. The number of aliphatic hydroxyl groups is 1. The lowest BCUT2D eigenvalue weighted by Crippen LogP contribution is -2.28. The van der Waals surface area contributed by atoms with Gasteiger partial charge in [-0.15, -0.1) is 11.3 Å². The molecule has 0 fully saturated rings. The van der Waals surface area contributed by atoms with Crippen molar-refractivity contribution < 1.29 is 5.11 Å². The second kappa shape index (κ2) is 6.60. The molecule has 4 nitrogen and oxygen atoms in total. The molecule has 0 aliphatic carbocycles. The number of aromatic nitrogens is 2. The largest absolute Gasteiger partial charge is 0.388 e. The van der Waals surface area contributed by atoms with Gasteiger partial charge in [-0.05, 0) is 36.9 Å². The summed E-state index contributed by atoms with van der Waals surface area (Å²) < 4.78 is 2.12. The van der Waals surface area contributed by atoms with Crippen molar-refractivity contribution in [3.8, 4) is 0 Å². The number of para-hydroxylation sites is 2. The molecule has 3 rings (SSSR count). The Labute approximate surface area is 134 Å². The second-order valence-electron chi connectivity index (χ2n) is 5.62. The van der Waals surface area contributed by atoms with Gasteiger partial charge in [-0.25, -0.2) is 4.98 Å². The summed E-state index contributed by atoms with van der Waals surface area (Å²) >= 11 is 1.60. The third-order valence-corrected chi connectivity index (χ3v) is 4.91. The van der Waals surface area contributed by atoms with E-state index in [1.807, 2.05) is 42.8 Å². The first-order chi connectivity index (χ1) is 10.6. The van der Waals surface area contributed by atoms with Gasteiger partial charge in [0.1, 0.15) is 5.82 Å². The fourth-order valence-electron chi connectivity index (χ4n) is 2.63. The average Bonchev–Trinajstić information content (AvgIpc) is 3.14. The van der Waals surface area contributed by atoms with Crippen LogP contribution >= 0.6 is 11.3 Å². The summed E-state index contributed by atoms with van der Waals surface area (Å²) in [5.41, 5.74) is 2.17. The van der Waals surface area contributed by atoms with E-state index in [0.717, 1.165) is 21.7 Å². The van der Waals surface area contributed by atoms with Crippen LogP contribution in [0.15, 0.2) is 41.8 Å². The van der Waals surface area contributed by atoms with Crippen LogP contribution in [0.4, 0.5) is 0 Å². The fourth-order valence-corrected chi connectivity index (χ4v) is 3.36. The first-order valence-electron chi connectivity index (χ1n) is 7.50. The van der Waals surface area contributed by atoms with Crippen molar-refractivity contribution in [2.45, 2.75) is 32.0 Å². The normalized spacial score (nSPS) is 14.3. The number of benzene rings is 1. The summed E-state index contributed by atoms with van der Waals surface area (Å²) in [5, 5.41) is 15.6. The molecule has 0 saturated heterocycles. The predicted molar refractivity (Wildman–Crippen MR) is 90.9 cm³/mol. The van der Waals surface area contributed by atoms with E-state index in [1.54, 1.807) is 11.3 Å². The molecular formula is C17H21N3OS. The van der Waals surface area contributed by atoms with Crippen LogP contribution in [-0.4, -0.2) is 20.7 Å². The van der Waals surface area contributed by atoms with Gasteiger partial charge in [0.2, 0.25) is 0 Å². The molecule has 2 atom stereocenters. The maximum Gasteiger partial charge on any atom is 0.123 e. The minimum atomic E-state index is -0.400. The minimum absolute atomic E-state index is 0.219. The molecule has 0 bridgehead atoms. The Kier molecular flexibility index (Phi) is 4.57. The van der Waals surface area contributed by atoms with Crippen LogP contribution in [0.25, 0.3) is 11.0 Å². The van der Waals surface area contributed by atoms with Crippen LogP contribution in [0, 0.1) is 0 Å². The first-order valence-corrected chi connectivity index (χ1v) is 8.38. The number of fused-ring (bicyclic) bond motifs is 1.